The van der Waals surface area contributed by atoms with Gasteiger partial charge in [0.2, 0.25) is 0 Å². The quantitative estimate of drug-likeness (QED) is 0.335. The number of aliphatic hydroxyl groups is 1. The number of carbonyl (C=O) groups is 2. The van der Waals surface area contributed by atoms with Crippen LogP contribution >= 0.6 is 0 Å². The molecule has 1 N–H and O–H groups in total. The summed E-state index contributed by atoms with van der Waals surface area (Å²) >= 11 is 0. The van der Waals surface area contributed by atoms with Gasteiger partial charge in [0.15, 0.2) is 0 Å². The van der Waals surface area contributed by atoms with E-state index in [-0.39, 0.29) is 11.3 Å². The molecule has 0 aromatic heterocycles. The second kappa shape index (κ2) is 11.4. The molecule has 2 aliphatic heterocycles. The molecule has 0 radical (unpaired) electrons. The van der Waals surface area contributed by atoms with Crippen LogP contribution in [0.1, 0.15) is 30.5 Å². The Kier molecular flexibility index (Phi) is 8.05. The Morgan fingerprint density at radius 3 is 2.49 bits per heavy atom. The van der Waals surface area contributed by atoms with Gasteiger partial charge in [-0.1, -0.05) is 19.1 Å². The van der Waals surface area contributed by atoms with Crippen LogP contribution in [0.3, 0.4) is 0 Å². The summed E-state index contributed by atoms with van der Waals surface area (Å²) in [5.74, 6) is -0.217. The highest BCUT2D eigenvalue weighted by Crippen LogP contribution is 2.40. The van der Waals surface area contributed by atoms with Crippen LogP contribution in [0.4, 0.5) is 0 Å². The molecule has 2 aromatic carbocycles. The summed E-state index contributed by atoms with van der Waals surface area (Å²) in [5, 5.41) is 11.2. The Morgan fingerprint density at radius 1 is 1.06 bits per heavy atom. The first-order chi connectivity index (χ1) is 17.0. The number of nitrogens with zero attached hydrogens (tertiary/aromatic N) is 2. The minimum absolute atomic E-state index is 0.0785. The molecule has 0 bridgehead atoms. The lowest BCUT2D eigenvalue weighted by atomic mass is 9.95. The molecule has 1 amide bonds. The number of ketones is 1. The van der Waals surface area contributed by atoms with Gasteiger partial charge in [-0.15, -0.1) is 0 Å². The predicted octanol–water partition coefficient (Wildman–Crippen LogP) is 3.24. The van der Waals surface area contributed by atoms with Gasteiger partial charge >= 0.3 is 0 Å². The molecule has 2 aliphatic rings. The Balaban J connectivity index is 1.72. The maximum Gasteiger partial charge on any atom is 0.295 e. The monoisotopic (exact) mass is 480 g/mol. The zero-order valence-electron chi connectivity index (χ0n) is 20.2. The van der Waals surface area contributed by atoms with E-state index in [1.807, 2.05) is 31.2 Å². The van der Waals surface area contributed by atoms with Crippen molar-refractivity contribution in [1.29, 1.82) is 0 Å². The third-order valence-electron chi connectivity index (χ3n) is 6.31. The van der Waals surface area contributed by atoms with Crippen LogP contribution in [0.5, 0.6) is 11.5 Å². The minimum atomic E-state index is -0.719. The molecule has 4 rings (SSSR count). The summed E-state index contributed by atoms with van der Waals surface area (Å²) in [4.78, 5) is 30.2. The van der Waals surface area contributed by atoms with Gasteiger partial charge in [0, 0.05) is 31.7 Å². The number of hydrogen-bond acceptors (Lipinski definition) is 7. The van der Waals surface area contributed by atoms with Gasteiger partial charge in [-0.05, 0) is 48.4 Å². The van der Waals surface area contributed by atoms with Crippen molar-refractivity contribution in [2.45, 2.75) is 19.4 Å². The van der Waals surface area contributed by atoms with Gasteiger partial charge in [-0.3, -0.25) is 14.5 Å². The highest BCUT2D eigenvalue weighted by atomic mass is 16.5. The minimum Gasteiger partial charge on any atom is -0.507 e. The number of benzene rings is 2. The molecule has 2 aromatic rings. The number of likely N-dealkylation sites (tertiary alicyclic amines) is 1. The van der Waals surface area contributed by atoms with E-state index >= 15 is 0 Å². The number of ether oxygens (including phenoxy) is 3. The van der Waals surface area contributed by atoms with Crippen molar-refractivity contribution in [3.63, 3.8) is 0 Å². The molecule has 2 saturated heterocycles. The van der Waals surface area contributed by atoms with E-state index in [0.717, 1.165) is 25.1 Å². The Bertz CT molecular complexity index is 1080. The number of methoxy groups -OCH3 is 1. The molecule has 35 heavy (non-hydrogen) atoms. The number of rotatable bonds is 9. The molecule has 0 unspecified atom stereocenters. The van der Waals surface area contributed by atoms with Crippen LogP contribution in [0.25, 0.3) is 5.76 Å². The highest BCUT2D eigenvalue weighted by molar-refractivity contribution is 6.46. The van der Waals surface area contributed by atoms with Crippen molar-refractivity contribution >= 4 is 17.4 Å². The first-order valence-corrected chi connectivity index (χ1v) is 12.0. The van der Waals surface area contributed by atoms with E-state index < -0.39 is 17.7 Å². The summed E-state index contributed by atoms with van der Waals surface area (Å²) in [5.41, 5.74) is 1.24. The third-order valence-corrected chi connectivity index (χ3v) is 6.31. The Morgan fingerprint density at radius 2 is 1.80 bits per heavy atom. The van der Waals surface area contributed by atoms with Gasteiger partial charge in [-0.25, -0.2) is 0 Å². The number of Topliss-reactive ketones (excluding diaryl/α,β-unsaturated/α-hetero) is 1. The Labute approximate surface area is 205 Å². The summed E-state index contributed by atoms with van der Waals surface area (Å²) in [7, 11) is 1.56. The van der Waals surface area contributed by atoms with E-state index in [9.17, 15) is 14.7 Å². The van der Waals surface area contributed by atoms with Gasteiger partial charge in [-0.2, -0.15) is 0 Å². The second-order valence-electron chi connectivity index (χ2n) is 8.60. The summed E-state index contributed by atoms with van der Waals surface area (Å²) in [6.45, 7) is 6.41. The Hall–Kier alpha value is -3.36. The molecule has 0 spiro atoms. The normalized spacial score (nSPS) is 20.3. The number of carbonyl (C=O) groups excluding carboxylic acids is 2. The molecule has 2 fully saturated rings. The largest absolute Gasteiger partial charge is 0.507 e. The van der Waals surface area contributed by atoms with Crippen molar-refractivity contribution in [3.8, 4) is 11.5 Å². The molecule has 8 nitrogen and oxygen atoms in total. The van der Waals surface area contributed by atoms with E-state index in [4.69, 9.17) is 14.2 Å². The molecular weight excluding hydrogens is 448 g/mol. The predicted molar refractivity (Wildman–Crippen MR) is 131 cm³/mol. The third kappa shape index (κ3) is 5.49. The maximum absolute atomic E-state index is 13.2. The average Bonchev–Trinajstić information content (AvgIpc) is 3.16. The molecule has 186 valence electrons. The average molecular weight is 481 g/mol. The van der Waals surface area contributed by atoms with Crippen molar-refractivity contribution in [2.75, 3.05) is 53.1 Å². The molecule has 8 heteroatoms. The first-order valence-electron chi connectivity index (χ1n) is 12.0. The fourth-order valence-corrected chi connectivity index (χ4v) is 4.43. The topological polar surface area (TPSA) is 88.5 Å². The van der Waals surface area contributed by atoms with Crippen LogP contribution in [0, 0.1) is 0 Å². The van der Waals surface area contributed by atoms with E-state index in [1.165, 1.54) is 0 Å². The molecule has 0 saturated carbocycles. The number of amides is 1. The van der Waals surface area contributed by atoms with Gasteiger partial charge in [0.05, 0.1) is 38.5 Å². The van der Waals surface area contributed by atoms with Crippen molar-refractivity contribution < 1.29 is 28.9 Å². The van der Waals surface area contributed by atoms with E-state index in [1.54, 1.807) is 36.3 Å². The van der Waals surface area contributed by atoms with Crippen LogP contribution in [0.15, 0.2) is 54.1 Å². The number of hydrogen-bond donors (Lipinski definition) is 1. The van der Waals surface area contributed by atoms with E-state index in [0.29, 0.717) is 50.0 Å². The SMILES string of the molecule is CCCOc1cccc([C@@H]2/C(=C(\O)c3ccc(OC)cc3)C(=O)C(=O)N2CCN2CCOCC2)c1. The second-order valence-corrected chi connectivity index (χ2v) is 8.60. The lowest BCUT2D eigenvalue weighted by Crippen LogP contribution is -2.42. The fourth-order valence-electron chi connectivity index (χ4n) is 4.43. The highest BCUT2D eigenvalue weighted by Gasteiger charge is 2.46. The smallest absolute Gasteiger partial charge is 0.295 e. The van der Waals surface area contributed by atoms with Crippen LogP contribution in [-0.4, -0.2) is 79.7 Å². The van der Waals surface area contributed by atoms with Crippen LogP contribution < -0.4 is 9.47 Å². The van der Waals surface area contributed by atoms with Gasteiger partial charge < -0.3 is 24.2 Å². The first kappa shape index (κ1) is 24.8. The zero-order chi connectivity index (χ0) is 24.8. The number of morpholine rings is 1. The van der Waals surface area contributed by atoms with Crippen molar-refractivity contribution in [1.82, 2.24) is 9.80 Å². The standard InChI is InChI=1S/C27H32N2O6/c1-3-15-35-22-6-4-5-20(18-22)24-23(25(30)19-7-9-21(33-2)10-8-19)26(31)27(32)29(24)12-11-28-13-16-34-17-14-28/h4-10,18,24,30H,3,11-17H2,1-2H3/b25-23+/t24-/m1/s1. The van der Waals surface area contributed by atoms with Crippen LogP contribution in [0.2, 0.25) is 0 Å². The summed E-state index contributed by atoms with van der Waals surface area (Å²) < 4.78 is 16.4. The molecule has 2 heterocycles. The molecule has 1 atom stereocenters. The summed E-state index contributed by atoms with van der Waals surface area (Å²) in [6, 6.07) is 13.4. The van der Waals surface area contributed by atoms with Crippen molar-refractivity contribution in [3.05, 3.63) is 65.2 Å². The van der Waals surface area contributed by atoms with Gasteiger partial charge in [0.25, 0.3) is 11.7 Å². The van der Waals surface area contributed by atoms with Gasteiger partial charge in [0.1, 0.15) is 17.3 Å². The summed E-state index contributed by atoms with van der Waals surface area (Å²) in [6.07, 6.45) is 0.861. The lowest BCUT2D eigenvalue weighted by Gasteiger charge is -2.31. The fraction of sp³-hybridized carbons (Fsp3) is 0.407. The van der Waals surface area contributed by atoms with Crippen molar-refractivity contribution in [2.24, 2.45) is 0 Å². The zero-order valence-corrected chi connectivity index (χ0v) is 20.2. The maximum atomic E-state index is 13.2. The van der Waals surface area contributed by atoms with E-state index in [2.05, 4.69) is 4.90 Å². The van der Waals surface area contributed by atoms with Crippen LogP contribution in [-0.2, 0) is 14.3 Å². The number of aliphatic hydroxyl groups excluding tert-OH is 1. The lowest BCUT2D eigenvalue weighted by molar-refractivity contribution is -0.140. The molecular formula is C27H32N2O6. The molecule has 0 aliphatic carbocycles.